The molecule has 0 bridgehead atoms. The molecule has 0 saturated heterocycles. The van der Waals surface area contributed by atoms with Gasteiger partial charge in [-0.2, -0.15) is 0 Å². The lowest BCUT2D eigenvalue weighted by Gasteiger charge is -2.22. The van der Waals surface area contributed by atoms with Gasteiger partial charge in [0, 0.05) is 19.3 Å². The quantitative estimate of drug-likeness (QED) is 0.819. The lowest BCUT2D eigenvalue weighted by atomic mass is 10.0. The summed E-state index contributed by atoms with van der Waals surface area (Å²) in [5.41, 5.74) is 2.03. The molecule has 1 aromatic carbocycles. The topological polar surface area (TPSA) is 54.7 Å². The number of nitrogens with one attached hydrogen (secondary N) is 1. The molecule has 0 spiro atoms. The van der Waals surface area contributed by atoms with E-state index in [9.17, 15) is 4.79 Å². The van der Waals surface area contributed by atoms with Crippen LogP contribution in [0.1, 0.15) is 36.8 Å². The molecule has 0 unspecified atom stereocenters. The monoisotopic (exact) mass is 330 g/mol. The zero-order valence-electron chi connectivity index (χ0n) is 14.8. The number of aryl methyl sites for hydroxylation is 1. The highest BCUT2D eigenvalue weighted by molar-refractivity contribution is 5.89. The Kier molecular flexibility index (Phi) is 6.44. The maximum Gasteiger partial charge on any atom is 0.322 e. The molecule has 0 fully saturated rings. The maximum atomic E-state index is 12.6. The molecule has 5 nitrogen and oxygen atoms in total. The van der Waals surface area contributed by atoms with Gasteiger partial charge in [-0.3, -0.25) is 0 Å². The molecule has 1 aromatic heterocycles. The van der Waals surface area contributed by atoms with E-state index in [4.69, 9.17) is 9.15 Å². The van der Waals surface area contributed by atoms with Crippen LogP contribution in [0, 0.1) is 6.92 Å². The Labute approximate surface area is 143 Å². The summed E-state index contributed by atoms with van der Waals surface area (Å²) in [5.74, 6) is 2.06. The van der Waals surface area contributed by atoms with Crippen LogP contribution in [0.2, 0.25) is 0 Å². The molecule has 5 heteroatoms. The second-order valence-corrected chi connectivity index (χ2v) is 6.13. The lowest BCUT2D eigenvalue weighted by molar-refractivity contribution is 0.149. The van der Waals surface area contributed by atoms with Gasteiger partial charge in [0.1, 0.15) is 11.5 Å². The van der Waals surface area contributed by atoms with Gasteiger partial charge >= 0.3 is 6.03 Å². The number of methoxy groups -OCH3 is 1. The van der Waals surface area contributed by atoms with E-state index in [0.29, 0.717) is 25.6 Å². The van der Waals surface area contributed by atoms with Crippen molar-refractivity contribution >= 4 is 11.7 Å². The molecule has 2 aromatic rings. The fourth-order valence-corrected chi connectivity index (χ4v) is 2.37. The van der Waals surface area contributed by atoms with Crippen LogP contribution >= 0.6 is 0 Å². The molecule has 0 aliphatic heterocycles. The van der Waals surface area contributed by atoms with E-state index in [0.717, 1.165) is 17.2 Å². The standard InChI is InChI=1S/C19H26N2O3/c1-14(2)16-6-8-17(9-7-16)20-19(22)21(11-12-23-4)13-18-10-5-15(3)24-18/h5-10,14H,11-13H2,1-4H3,(H,20,22). The van der Waals surface area contributed by atoms with Gasteiger partial charge < -0.3 is 19.4 Å². The molecule has 2 amide bonds. The summed E-state index contributed by atoms with van der Waals surface area (Å²) in [4.78, 5) is 14.2. The third-order valence-corrected chi connectivity index (χ3v) is 3.82. The zero-order chi connectivity index (χ0) is 17.5. The van der Waals surface area contributed by atoms with Crippen molar-refractivity contribution in [3.8, 4) is 0 Å². The predicted octanol–water partition coefficient (Wildman–Crippen LogP) is 4.39. The average Bonchev–Trinajstić information content (AvgIpc) is 2.97. The molecule has 1 heterocycles. The van der Waals surface area contributed by atoms with Gasteiger partial charge in [0.15, 0.2) is 0 Å². The van der Waals surface area contributed by atoms with E-state index < -0.39 is 0 Å². The number of carbonyl (C=O) groups excluding carboxylic acids is 1. The number of ether oxygens (including phenoxy) is 1. The van der Waals surface area contributed by atoms with Gasteiger partial charge in [-0.1, -0.05) is 26.0 Å². The first-order valence-electron chi connectivity index (χ1n) is 8.19. The van der Waals surface area contributed by atoms with Crippen molar-refractivity contribution in [1.29, 1.82) is 0 Å². The van der Waals surface area contributed by atoms with E-state index in [1.807, 2.05) is 43.3 Å². The first-order valence-corrected chi connectivity index (χ1v) is 8.19. The summed E-state index contributed by atoms with van der Waals surface area (Å²) in [6.45, 7) is 7.55. The summed E-state index contributed by atoms with van der Waals surface area (Å²) in [7, 11) is 1.62. The largest absolute Gasteiger partial charge is 0.464 e. The van der Waals surface area contributed by atoms with E-state index in [1.54, 1.807) is 12.0 Å². The Hall–Kier alpha value is -2.27. The molecule has 24 heavy (non-hydrogen) atoms. The minimum Gasteiger partial charge on any atom is -0.464 e. The molecular formula is C19H26N2O3. The number of hydrogen-bond acceptors (Lipinski definition) is 3. The highest BCUT2D eigenvalue weighted by Gasteiger charge is 2.16. The minimum absolute atomic E-state index is 0.168. The van der Waals surface area contributed by atoms with E-state index in [2.05, 4.69) is 19.2 Å². The molecule has 0 atom stereocenters. The van der Waals surface area contributed by atoms with Crippen molar-refractivity contribution in [2.75, 3.05) is 25.6 Å². The van der Waals surface area contributed by atoms with Crippen molar-refractivity contribution in [2.45, 2.75) is 33.2 Å². The molecule has 1 N–H and O–H groups in total. The van der Waals surface area contributed by atoms with Crippen LogP contribution in [-0.2, 0) is 11.3 Å². The van der Waals surface area contributed by atoms with Crippen molar-refractivity contribution in [3.63, 3.8) is 0 Å². The van der Waals surface area contributed by atoms with Gasteiger partial charge in [-0.05, 0) is 42.7 Å². The van der Waals surface area contributed by atoms with Gasteiger partial charge in [0.05, 0.1) is 13.2 Å². The second-order valence-electron chi connectivity index (χ2n) is 6.13. The van der Waals surface area contributed by atoms with Gasteiger partial charge in [0.2, 0.25) is 0 Å². The van der Waals surface area contributed by atoms with Crippen molar-refractivity contribution < 1.29 is 13.9 Å². The Morgan fingerprint density at radius 1 is 1.21 bits per heavy atom. The minimum atomic E-state index is -0.168. The number of nitrogens with zero attached hydrogens (tertiary/aromatic N) is 1. The number of furan rings is 1. The third kappa shape index (κ3) is 5.13. The summed E-state index contributed by atoms with van der Waals surface area (Å²) in [6, 6.07) is 11.5. The van der Waals surface area contributed by atoms with Gasteiger partial charge in [0.25, 0.3) is 0 Å². The zero-order valence-corrected chi connectivity index (χ0v) is 14.8. The molecule has 0 aliphatic carbocycles. The van der Waals surface area contributed by atoms with Crippen LogP contribution < -0.4 is 5.32 Å². The highest BCUT2D eigenvalue weighted by atomic mass is 16.5. The van der Waals surface area contributed by atoms with Crippen LogP contribution in [-0.4, -0.2) is 31.2 Å². The summed E-state index contributed by atoms with van der Waals surface area (Å²) in [5, 5.41) is 2.93. The van der Waals surface area contributed by atoms with Crippen molar-refractivity contribution in [3.05, 3.63) is 53.5 Å². The number of anilines is 1. The number of carbonyl (C=O) groups is 1. The number of urea groups is 1. The van der Waals surface area contributed by atoms with Crippen molar-refractivity contribution in [2.24, 2.45) is 0 Å². The number of benzene rings is 1. The van der Waals surface area contributed by atoms with Crippen molar-refractivity contribution in [1.82, 2.24) is 4.90 Å². The molecule has 130 valence electrons. The smallest absolute Gasteiger partial charge is 0.322 e. The first-order chi connectivity index (χ1) is 11.5. The fraction of sp³-hybridized carbons (Fsp3) is 0.421. The average molecular weight is 330 g/mol. The SMILES string of the molecule is COCCN(Cc1ccc(C)o1)C(=O)Nc1ccc(C(C)C)cc1. The van der Waals surface area contributed by atoms with E-state index in [1.165, 1.54) is 5.56 Å². The number of amides is 2. The summed E-state index contributed by atoms with van der Waals surface area (Å²) < 4.78 is 10.7. The van der Waals surface area contributed by atoms with Crippen LogP contribution in [0.15, 0.2) is 40.8 Å². The highest BCUT2D eigenvalue weighted by Crippen LogP contribution is 2.18. The second kappa shape index (κ2) is 8.55. The molecule has 2 rings (SSSR count). The maximum absolute atomic E-state index is 12.6. The molecular weight excluding hydrogens is 304 g/mol. The first kappa shape index (κ1) is 18.1. The van der Waals surface area contributed by atoms with E-state index >= 15 is 0 Å². The van der Waals surface area contributed by atoms with Crippen LogP contribution in [0.25, 0.3) is 0 Å². The Morgan fingerprint density at radius 2 is 1.92 bits per heavy atom. The van der Waals surface area contributed by atoms with Crippen LogP contribution in [0.5, 0.6) is 0 Å². The Morgan fingerprint density at radius 3 is 2.46 bits per heavy atom. The van der Waals surface area contributed by atoms with Gasteiger partial charge in [-0.15, -0.1) is 0 Å². The number of rotatable bonds is 7. The third-order valence-electron chi connectivity index (χ3n) is 3.82. The fourth-order valence-electron chi connectivity index (χ4n) is 2.37. The van der Waals surface area contributed by atoms with Crippen LogP contribution in [0.3, 0.4) is 0 Å². The predicted molar refractivity (Wildman–Crippen MR) is 95.3 cm³/mol. The Bertz CT molecular complexity index is 647. The lowest BCUT2D eigenvalue weighted by Crippen LogP contribution is -2.36. The Balaban J connectivity index is 2.03. The van der Waals surface area contributed by atoms with E-state index in [-0.39, 0.29) is 6.03 Å². The number of hydrogen-bond donors (Lipinski definition) is 1. The summed E-state index contributed by atoms with van der Waals surface area (Å²) in [6.07, 6.45) is 0. The molecule has 0 aliphatic rings. The molecule has 0 radical (unpaired) electrons. The molecule has 0 saturated carbocycles. The normalized spacial score (nSPS) is 10.9. The van der Waals surface area contributed by atoms with Crippen LogP contribution in [0.4, 0.5) is 10.5 Å². The summed E-state index contributed by atoms with van der Waals surface area (Å²) >= 11 is 0. The van der Waals surface area contributed by atoms with Gasteiger partial charge in [-0.25, -0.2) is 4.79 Å².